The molecule has 0 aliphatic carbocycles. The smallest absolute Gasteiger partial charge is 0.178 e. The Morgan fingerprint density at radius 2 is 2.11 bits per heavy atom. The van der Waals surface area contributed by atoms with Gasteiger partial charge < -0.3 is 5.32 Å². The van der Waals surface area contributed by atoms with Gasteiger partial charge >= 0.3 is 0 Å². The third-order valence-electron chi connectivity index (χ3n) is 3.29. The summed E-state index contributed by atoms with van der Waals surface area (Å²) in [5.41, 5.74) is 1.96. The van der Waals surface area contributed by atoms with Crippen LogP contribution in [0.4, 0.5) is 0 Å². The predicted molar refractivity (Wildman–Crippen MR) is 70.1 cm³/mol. The first-order chi connectivity index (χ1) is 8.93. The van der Waals surface area contributed by atoms with Gasteiger partial charge in [0.2, 0.25) is 0 Å². The molecule has 2 aromatic rings. The van der Waals surface area contributed by atoms with Crippen molar-refractivity contribution in [3.05, 3.63) is 42.4 Å². The normalized spacial score (nSPS) is 19.7. The van der Waals surface area contributed by atoms with Crippen molar-refractivity contribution in [2.75, 3.05) is 13.1 Å². The quantitative estimate of drug-likeness (QED) is 0.872. The number of pyridine rings is 1. The molecule has 0 aromatic carbocycles. The van der Waals surface area contributed by atoms with Crippen molar-refractivity contribution in [3.8, 4) is 11.5 Å². The van der Waals surface area contributed by atoms with E-state index >= 15 is 0 Å². The summed E-state index contributed by atoms with van der Waals surface area (Å²) in [7, 11) is 0. The Kier molecular flexibility index (Phi) is 3.28. The molecule has 18 heavy (non-hydrogen) atoms. The summed E-state index contributed by atoms with van der Waals surface area (Å²) in [4.78, 5) is 13.3. The first-order valence-corrected chi connectivity index (χ1v) is 6.38. The summed E-state index contributed by atoms with van der Waals surface area (Å²) >= 11 is 0. The fourth-order valence-corrected chi connectivity index (χ4v) is 2.32. The molecule has 0 bridgehead atoms. The summed E-state index contributed by atoms with van der Waals surface area (Å²) < 4.78 is 0. The van der Waals surface area contributed by atoms with E-state index in [1.165, 1.54) is 12.8 Å². The van der Waals surface area contributed by atoms with Crippen LogP contribution in [0.1, 0.15) is 24.5 Å². The van der Waals surface area contributed by atoms with Crippen molar-refractivity contribution in [2.24, 2.45) is 0 Å². The van der Waals surface area contributed by atoms with Gasteiger partial charge in [-0.15, -0.1) is 0 Å². The average molecular weight is 240 g/mol. The molecule has 0 spiro atoms. The Bertz CT molecular complexity index is 506. The second kappa shape index (κ2) is 5.23. The topological polar surface area (TPSA) is 50.7 Å². The van der Waals surface area contributed by atoms with E-state index in [2.05, 4.69) is 20.3 Å². The monoisotopic (exact) mass is 240 g/mol. The largest absolute Gasteiger partial charge is 0.316 e. The maximum atomic E-state index is 4.65. The van der Waals surface area contributed by atoms with Crippen LogP contribution in [0.15, 0.2) is 36.7 Å². The first kappa shape index (κ1) is 11.3. The molecule has 1 atom stereocenters. The Balaban J connectivity index is 1.89. The van der Waals surface area contributed by atoms with Crippen LogP contribution < -0.4 is 5.32 Å². The fraction of sp³-hybridized carbons (Fsp3) is 0.357. The fourth-order valence-electron chi connectivity index (χ4n) is 2.32. The standard InChI is InChI=1S/C14H16N4/c1-2-8-16-13(5-1)14-17-9-6-12(18-14)11-4-3-7-15-10-11/h1-2,5-6,8-9,11,15H,3-4,7,10H2. The first-order valence-electron chi connectivity index (χ1n) is 6.38. The number of nitrogens with one attached hydrogen (secondary N) is 1. The molecule has 1 unspecified atom stereocenters. The highest BCUT2D eigenvalue weighted by Gasteiger charge is 2.17. The van der Waals surface area contributed by atoms with Crippen molar-refractivity contribution in [1.29, 1.82) is 0 Å². The van der Waals surface area contributed by atoms with Crippen molar-refractivity contribution in [2.45, 2.75) is 18.8 Å². The van der Waals surface area contributed by atoms with Crippen LogP contribution in [0.25, 0.3) is 11.5 Å². The lowest BCUT2D eigenvalue weighted by molar-refractivity contribution is 0.454. The van der Waals surface area contributed by atoms with Gasteiger partial charge in [-0.3, -0.25) is 4.98 Å². The van der Waals surface area contributed by atoms with E-state index < -0.39 is 0 Å². The highest BCUT2D eigenvalue weighted by molar-refractivity contribution is 5.48. The molecular formula is C14H16N4. The van der Waals surface area contributed by atoms with Gasteiger partial charge in [-0.25, -0.2) is 9.97 Å². The van der Waals surface area contributed by atoms with Gasteiger partial charge in [-0.05, 0) is 37.6 Å². The number of nitrogens with zero attached hydrogens (tertiary/aromatic N) is 3. The van der Waals surface area contributed by atoms with Gasteiger partial charge in [0.15, 0.2) is 5.82 Å². The molecule has 4 nitrogen and oxygen atoms in total. The lowest BCUT2D eigenvalue weighted by atomic mass is 9.96. The molecule has 0 radical (unpaired) electrons. The average Bonchev–Trinajstić information content (AvgIpc) is 2.49. The summed E-state index contributed by atoms with van der Waals surface area (Å²) in [5, 5.41) is 3.42. The summed E-state index contributed by atoms with van der Waals surface area (Å²) in [5.74, 6) is 1.22. The summed E-state index contributed by atoms with van der Waals surface area (Å²) in [6.45, 7) is 2.13. The van der Waals surface area contributed by atoms with Crippen LogP contribution >= 0.6 is 0 Å². The van der Waals surface area contributed by atoms with Crippen LogP contribution in [-0.4, -0.2) is 28.0 Å². The minimum atomic E-state index is 0.504. The molecular weight excluding hydrogens is 224 g/mol. The number of piperidine rings is 1. The minimum absolute atomic E-state index is 0.504. The zero-order valence-electron chi connectivity index (χ0n) is 10.2. The molecule has 3 rings (SSSR count). The van der Waals surface area contributed by atoms with Gasteiger partial charge in [0.1, 0.15) is 5.69 Å². The molecule has 0 saturated carbocycles. The maximum absolute atomic E-state index is 4.65. The third kappa shape index (κ3) is 2.38. The third-order valence-corrected chi connectivity index (χ3v) is 3.29. The van der Waals surface area contributed by atoms with Crippen LogP contribution in [0.3, 0.4) is 0 Å². The molecule has 1 saturated heterocycles. The van der Waals surface area contributed by atoms with Gasteiger partial charge in [0.25, 0.3) is 0 Å². The minimum Gasteiger partial charge on any atom is -0.316 e. The van der Waals surface area contributed by atoms with E-state index in [9.17, 15) is 0 Å². The maximum Gasteiger partial charge on any atom is 0.178 e. The molecule has 1 aliphatic rings. The van der Waals surface area contributed by atoms with E-state index in [0.29, 0.717) is 5.92 Å². The molecule has 3 heterocycles. The van der Waals surface area contributed by atoms with E-state index in [1.54, 1.807) is 6.20 Å². The lowest BCUT2D eigenvalue weighted by Crippen LogP contribution is -2.28. The molecule has 2 aromatic heterocycles. The van der Waals surface area contributed by atoms with Crippen LogP contribution in [0.2, 0.25) is 0 Å². The Morgan fingerprint density at radius 1 is 1.11 bits per heavy atom. The molecule has 1 aliphatic heterocycles. The van der Waals surface area contributed by atoms with E-state index in [1.807, 2.05) is 30.5 Å². The molecule has 1 fully saturated rings. The SMILES string of the molecule is c1ccc(-c2nccc(C3CCCNC3)n2)nc1. The number of aromatic nitrogens is 3. The Morgan fingerprint density at radius 3 is 2.89 bits per heavy atom. The number of rotatable bonds is 2. The van der Waals surface area contributed by atoms with E-state index in [-0.39, 0.29) is 0 Å². The summed E-state index contributed by atoms with van der Waals surface area (Å²) in [6.07, 6.45) is 6.02. The second-order valence-corrected chi connectivity index (χ2v) is 4.56. The van der Waals surface area contributed by atoms with Crippen molar-refractivity contribution in [3.63, 3.8) is 0 Å². The Labute approximate surface area is 107 Å². The van der Waals surface area contributed by atoms with E-state index in [0.717, 1.165) is 30.3 Å². The molecule has 92 valence electrons. The molecule has 1 N–H and O–H groups in total. The lowest BCUT2D eigenvalue weighted by Gasteiger charge is -2.22. The highest BCUT2D eigenvalue weighted by Crippen LogP contribution is 2.22. The van der Waals surface area contributed by atoms with Crippen molar-refractivity contribution in [1.82, 2.24) is 20.3 Å². The van der Waals surface area contributed by atoms with Crippen LogP contribution in [-0.2, 0) is 0 Å². The number of hydrogen-bond acceptors (Lipinski definition) is 4. The van der Waals surface area contributed by atoms with Gasteiger partial charge in [-0.2, -0.15) is 0 Å². The zero-order chi connectivity index (χ0) is 12.2. The van der Waals surface area contributed by atoms with Crippen LogP contribution in [0, 0.1) is 0 Å². The second-order valence-electron chi connectivity index (χ2n) is 4.56. The number of hydrogen-bond donors (Lipinski definition) is 1. The predicted octanol–water partition coefficient (Wildman–Crippen LogP) is 2.01. The van der Waals surface area contributed by atoms with Gasteiger partial charge in [-0.1, -0.05) is 6.07 Å². The van der Waals surface area contributed by atoms with Gasteiger partial charge in [0.05, 0.1) is 0 Å². The van der Waals surface area contributed by atoms with E-state index in [4.69, 9.17) is 0 Å². The van der Waals surface area contributed by atoms with Gasteiger partial charge in [0, 0.05) is 30.6 Å². The highest BCUT2D eigenvalue weighted by atomic mass is 14.9. The van der Waals surface area contributed by atoms with Crippen LogP contribution in [0.5, 0.6) is 0 Å². The summed E-state index contributed by atoms with van der Waals surface area (Å²) in [6, 6.07) is 7.82. The zero-order valence-corrected chi connectivity index (χ0v) is 10.2. The molecule has 0 amide bonds. The van der Waals surface area contributed by atoms with Crippen molar-refractivity contribution < 1.29 is 0 Å². The Hall–Kier alpha value is -1.81. The van der Waals surface area contributed by atoms with Crippen molar-refractivity contribution >= 4 is 0 Å². The molecule has 4 heteroatoms.